The van der Waals surface area contributed by atoms with Crippen LogP contribution in [-0.2, 0) is 11.3 Å². The van der Waals surface area contributed by atoms with Crippen LogP contribution < -0.4 is 10.2 Å². The monoisotopic (exact) mass is 422 g/mol. The Bertz CT molecular complexity index is 971. The van der Waals surface area contributed by atoms with E-state index in [4.69, 9.17) is 4.74 Å². The Balaban J connectivity index is 1.39. The molecule has 1 fully saturated rings. The average Bonchev–Trinajstić information content (AvgIpc) is 3.40. The second-order valence-corrected chi connectivity index (χ2v) is 8.51. The summed E-state index contributed by atoms with van der Waals surface area (Å²) < 4.78 is 8.41. The lowest BCUT2D eigenvalue weighted by atomic mass is 10.2. The van der Waals surface area contributed by atoms with Crippen molar-refractivity contribution in [1.29, 1.82) is 0 Å². The lowest BCUT2D eigenvalue weighted by Gasteiger charge is -2.14. The molecule has 4 rings (SSSR count). The quantitative estimate of drug-likeness (QED) is 0.447. The van der Waals surface area contributed by atoms with Gasteiger partial charge in [-0.2, -0.15) is 0 Å². The van der Waals surface area contributed by atoms with Gasteiger partial charge in [0.15, 0.2) is 11.0 Å². The van der Waals surface area contributed by atoms with Gasteiger partial charge in [0.1, 0.15) is 12.6 Å². The summed E-state index contributed by atoms with van der Waals surface area (Å²) in [6, 6.07) is 18.7. The van der Waals surface area contributed by atoms with Gasteiger partial charge in [-0.3, -0.25) is 4.57 Å². The zero-order chi connectivity index (χ0) is 20.9. The third kappa shape index (κ3) is 4.59. The fourth-order valence-corrected chi connectivity index (χ4v) is 4.50. The summed E-state index contributed by atoms with van der Waals surface area (Å²) in [5.41, 5.74) is 3.46. The molecule has 0 aliphatic carbocycles. The normalized spacial score (nSPS) is 18.5. The Morgan fingerprint density at radius 1 is 1.17 bits per heavy atom. The number of aromatic nitrogens is 3. The van der Waals surface area contributed by atoms with E-state index in [1.807, 2.05) is 24.3 Å². The van der Waals surface area contributed by atoms with E-state index in [9.17, 15) is 0 Å². The molecule has 0 bridgehead atoms. The zero-order valence-corrected chi connectivity index (χ0v) is 18.3. The second kappa shape index (κ2) is 9.47. The minimum absolute atomic E-state index is 0.0535. The molecule has 1 aromatic heterocycles. The summed E-state index contributed by atoms with van der Waals surface area (Å²) in [4.78, 5) is 2.10. The molecule has 2 heterocycles. The number of benzene rings is 2. The smallest absolute Gasteiger partial charge is 0.217 e. The maximum absolute atomic E-state index is 6.29. The predicted octanol–water partition coefficient (Wildman–Crippen LogP) is 2.95. The second-order valence-electron chi connectivity index (χ2n) is 7.52. The third-order valence-electron chi connectivity index (χ3n) is 5.15. The minimum atomic E-state index is 0.0535. The van der Waals surface area contributed by atoms with Gasteiger partial charge in [0, 0.05) is 43.2 Å². The molecule has 0 saturated carbocycles. The number of hydrogen-bond donors (Lipinski definition) is 1. The molecule has 7 heteroatoms. The van der Waals surface area contributed by atoms with Crippen molar-refractivity contribution in [2.75, 3.05) is 31.3 Å². The number of hydrogen-bond acceptors (Lipinski definition) is 5. The topological polar surface area (TPSA) is 59.8 Å². The van der Waals surface area contributed by atoms with Crippen molar-refractivity contribution in [2.24, 2.45) is 0 Å². The van der Waals surface area contributed by atoms with Gasteiger partial charge in [-0.15, -0.1) is 16.8 Å². The SMILES string of the molecule is C=CCn1c(SC[C@@H]2C[NH2+][C@H](c3ccc(N(C)C)cc3)O2)nnc1-c1ccccc1. The van der Waals surface area contributed by atoms with Gasteiger partial charge in [0.05, 0.1) is 0 Å². The van der Waals surface area contributed by atoms with E-state index in [-0.39, 0.29) is 12.3 Å². The molecule has 2 atom stereocenters. The van der Waals surface area contributed by atoms with Crippen LogP contribution in [0, 0.1) is 0 Å². The molecule has 0 amide bonds. The van der Waals surface area contributed by atoms with E-state index in [2.05, 4.69) is 82.1 Å². The van der Waals surface area contributed by atoms with Gasteiger partial charge in [-0.25, -0.2) is 0 Å². The highest BCUT2D eigenvalue weighted by Crippen LogP contribution is 2.26. The van der Waals surface area contributed by atoms with Crippen molar-refractivity contribution in [2.45, 2.75) is 24.0 Å². The molecule has 1 aliphatic rings. The standard InChI is InChI=1S/C23H27N5OS/c1-4-14-28-21(17-8-6-5-7-9-17)25-26-23(28)30-16-20-15-24-22(29-20)18-10-12-19(13-11-18)27(2)3/h4-13,20,22,24H,1,14-16H2,2-3H3/p+1/t20-,22-/m0/s1. The molecule has 6 nitrogen and oxygen atoms in total. The summed E-state index contributed by atoms with van der Waals surface area (Å²) in [5.74, 6) is 1.71. The van der Waals surface area contributed by atoms with E-state index >= 15 is 0 Å². The van der Waals surface area contributed by atoms with Crippen molar-refractivity contribution in [3.8, 4) is 11.4 Å². The van der Waals surface area contributed by atoms with Crippen molar-refractivity contribution in [3.05, 3.63) is 72.8 Å². The highest BCUT2D eigenvalue weighted by atomic mass is 32.2. The lowest BCUT2D eigenvalue weighted by Crippen LogP contribution is -2.82. The number of ether oxygens (including phenoxy) is 1. The summed E-state index contributed by atoms with van der Waals surface area (Å²) in [6.45, 7) is 5.51. The molecule has 3 aromatic rings. The fourth-order valence-electron chi connectivity index (χ4n) is 3.54. The van der Waals surface area contributed by atoms with E-state index in [1.165, 1.54) is 11.3 Å². The summed E-state index contributed by atoms with van der Waals surface area (Å²) in [7, 11) is 4.10. The van der Waals surface area contributed by atoms with Crippen LogP contribution in [0.4, 0.5) is 5.69 Å². The van der Waals surface area contributed by atoms with Crippen LogP contribution in [0.15, 0.2) is 72.4 Å². The molecule has 2 aromatic carbocycles. The van der Waals surface area contributed by atoms with E-state index in [0.29, 0.717) is 6.54 Å². The predicted molar refractivity (Wildman–Crippen MR) is 122 cm³/mol. The molecule has 0 spiro atoms. The zero-order valence-electron chi connectivity index (χ0n) is 17.4. The Morgan fingerprint density at radius 3 is 2.63 bits per heavy atom. The molecule has 0 radical (unpaired) electrons. The Labute approximate surface area is 182 Å². The molecule has 1 saturated heterocycles. The first-order chi connectivity index (χ1) is 14.7. The van der Waals surface area contributed by atoms with Gasteiger partial charge < -0.3 is 15.0 Å². The summed E-state index contributed by atoms with van der Waals surface area (Å²) >= 11 is 1.69. The highest BCUT2D eigenvalue weighted by molar-refractivity contribution is 7.99. The van der Waals surface area contributed by atoms with Crippen molar-refractivity contribution < 1.29 is 10.1 Å². The number of quaternary nitrogens is 1. The van der Waals surface area contributed by atoms with Gasteiger partial charge >= 0.3 is 0 Å². The Kier molecular flexibility index (Phi) is 6.52. The number of nitrogens with two attached hydrogens (primary N) is 1. The first kappa shape index (κ1) is 20.7. The van der Waals surface area contributed by atoms with Crippen molar-refractivity contribution >= 4 is 17.4 Å². The van der Waals surface area contributed by atoms with Gasteiger partial charge in [-0.05, 0) is 24.3 Å². The van der Waals surface area contributed by atoms with Crippen LogP contribution in [0.1, 0.15) is 11.8 Å². The highest BCUT2D eigenvalue weighted by Gasteiger charge is 2.30. The molecular weight excluding hydrogens is 394 g/mol. The molecule has 0 unspecified atom stereocenters. The maximum atomic E-state index is 6.29. The number of anilines is 1. The first-order valence-electron chi connectivity index (χ1n) is 10.1. The number of thioether (sulfide) groups is 1. The Hall–Kier alpha value is -2.61. The first-order valence-corrected chi connectivity index (χ1v) is 11.1. The van der Waals surface area contributed by atoms with Gasteiger partial charge in [0.25, 0.3) is 0 Å². The van der Waals surface area contributed by atoms with E-state index in [0.717, 1.165) is 28.8 Å². The number of rotatable bonds is 8. The molecule has 30 heavy (non-hydrogen) atoms. The van der Waals surface area contributed by atoms with Gasteiger partial charge in [-0.1, -0.05) is 48.2 Å². The van der Waals surface area contributed by atoms with Crippen LogP contribution in [0.25, 0.3) is 11.4 Å². The van der Waals surface area contributed by atoms with Crippen molar-refractivity contribution in [3.63, 3.8) is 0 Å². The maximum Gasteiger partial charge on any atom is 0.217 e. The number of nitrogens with zero attached hydrogens (tertiary/aromatic N) is 4. The van der Waals surface area contributed by atoms with Crippen molar-refractivity contribution in [1.82, 2.24) is 14.8 Å². The largest absolute Gasteiger partial charge is 0.378 e. The molecule has 156 valence electrons. The minimum Gasteiger partial charge on any atom is -0.378 e. The van der Waals surface area contributed by atoms with Crippen LogP contribution in [-0.4, -0.2) is 47.3 Å². The van der Waals surface area contributed by atoms with Crippen LogP contribution in [0.2, 0.25) is 0 Å². The third-order valence-corrected chi connectivity index (χ3v) is 6.25. The fraction of sp³-hybridized carbons (Fsp3) is 0.304. The van der Waals surface area contributed by atoms with E-state index < -0.39 is 0 Å². The van der Waals surface area contributed by atoms with Crippen LogP contribution >= 0.6 is 11.8 Å². The Morgan fingerprint density at radius 2 is 1.93 bits per heavy atom. The summed E-state index contributed by atoms with van der Waals surface area (Å²) in [5, 5.41) is 12.0. The molecule has 1 aliphatic heterocycles. The number of allylic oxidation sites excluding steroid dienone is 1. The molecular formula is C23H28N5OS+. The molecule has 2 N–H and O–H groups in total. The van der Waals surface area contributed by atoms with Crippen LogP contribution in [0.3, 0.4) is 0 Å². The summed E-state index contributed by atoms with van der Waals surface area (Å²) in [6.07, 6.45) is 2.10. The lowest BCUT2D eigenvalue weighted by molar-refractivity contribution is -0.697. The van der Waals surface area contributed by atoms with E-state index in [1.54, 1.807) is 11.8 Å². The van der Waals surface area contributed by atoms with Gasteiger partial charge in [0.2, 0.25) is 6.23 Å². The van der Waals surface area contributed by atoms with Crippen LogP contribution in [0.5, 0.6) is 0 Å². The average molecular weight is 423 g/mol.